The Labute approximate surface area is 184 Å². The Bertz CT molecular complexity index is 947. The fraction of sp³-hybridized carbons (Fsp3) is 0.364. The van der Waals surface area contributed by atoms with E-state index in [9.17, 15) is 9.59 Å². The number of methoxy groups -OCH3 is 3. The summed E-state index contributed by atoms with van der Waals surface area (Å²) in [6, 6.07) is 10.8. The number of nitrogens with zero attached hydrogens (tertiary/aromatic N) is 1. The van der Waals surface area contributed by atoms with Crippen LogP contribution in [0.3, 0.4) is 0 Å². The molecule has 1 heterocycles. The number of ether oxygens (including phenoxy) is 3. The van der Waals surface area contributed by atoms with Crippen molar-refractivity contribution in [2.24, 2.45) is 0 Å². The van der Waals surface area contributed by atoms with Gasteiger partial charge in [0, 0.05) is 5.56 Å². The monoisotopic (exact) mass is 476 g/mol. The Morgan fingerprint density at radius 2 is 1.67 bits per heavy atom. The number of carbonyl (C=O) groups excluding carboxylic acids is 2. The van der Waals surface area contributed by atoms with Crippen molar-refractivity contribution in [1.82, 2.24) is 10.2 Å². The molecule has 1 aliphatic rings. The van der Waals surface area contributed by atoms with Gasteiger partial charge in [0.2, 0.25) is 0 Å². The number of amides is 3. The van der Waals surface area contributed by atoms with Gasteiger partial charge < -0.3 is 19.5 Å². The van der Waals surface area contributed by atoms with Gasteiger partial charge in [-0.05, 0) is 65.5 Å². The molecule has 160 valence electrons. The zero-order valence-corrected chi connectivity index (χ0v) is 19.0. The lowest BCUT2D eigenvalue weighted by Crippen LogP contribution is -2.44. The van der Waals surface area contributed by atoms with Crippen LogP contribution >= 0.6 is 15.9 Å². The molecule has 3 rings (SSSR count). The fourth-order valence-electron chi connectivity index (χ4n) is 3.46. The van der Waals surface area contributed by atoms with E-state index in [1.165, 1.54) is 4.90 Å². The molecule has 0 aromatic heterocycles. The molecule has 7 nitrogen and oxygen atoms in total. The van der Waals surface area contributed by atoms with Gasteiger partial charge in [0.15, 0.2) is 0 Å². The van der Waals surface area contributed by atoms with Gasteiger partial charge in [0.05, 0.1) is 32.3 Å². The van der Waals surface area contributed by atoms with Gasteiger partial charge in [-0.2, -0.15) is 0 Å². The van der Waals surface area contributed by atoms with Crippen molar-refractivity contribution in [2.45, 2.75) is 31.8 Å². The van der Waals surface area contributed by atoms with Gasteiger partial charge in [-0.15, -0.1) is 0 Å². The molecule has 0 radical (unpaired) electrons. The first-order chi connectivity index (χ1) is 14.3. The van der Waals surface area contributed by atoms with Crippen molar-refractivity contribution in [3.05, 3.63) is 52.0 Å². The minimum absolute atomic E-state index is 0.0929. The number of imide groups is 1. The minimum Gasteiger partial charge on any atom is -0.497 e. The maximum Gasteiger partial charge on any atom is 0.325 e. The number of benzene rings is 2. The lowest BCUT2D eigenvalue weighted by molar-refractivity contribution is -0.131. The minimum atomic E-state index is -0.969. The number of aryl methyl sites for hydroxylation is 1. The van der Waals surface area contributed by atoms with Gasteiger partial charge in [-0.3, -0.25) is 9.69 Å². The Morgan fingerprint density at radius 1 is 1.00 bits per heavy atom. The topological polar surface area (TPSA) is 77.1 Å². The lowest BCUT2D eigenvalue weighted by atomic mass is 9.93. The molecule has 0 aliphatic carbocycles. The first kappa shape index (κ1) is 22.0. The SMILES string of the molecule is COc1ccc(CC[C@]2(C)NC(=O)N(Cc3cc(OC)c(Br)cc3OC)C2=O)cc1. The Balaban J connectivity index is 1.75. The predicted molar refractivity (Wildman–Crippen MR) is 116 cm³/mol. The van der Waals surface area contributed by atoms with Crippen LogP contribution in [0.5, 0.6) is 17.2 Å². The molecule has 0 unspecified atom stereocenters. The zero-order valence-electron chi connectivity index (χ0n) is 17.5. The van der Waals surface area contributed by atoms with E-state index in [0.29, 0.717) is 29.9 Å². The van der Waals surface area contributed by atoms with E-state index in [2.05, 4.69) is 21.2 Å². The molecule has 0 saturated carbocycles. The van der Waals surface area contributed by atoms with E-state index >= 15 is 0 Å². The first-order valence-corrected chi connectivity index (χ1v) is 10.3. The largest absolute Gasteiger partial charge is 0.497 e. The van der Waals surface area contributed by atoms with Crippen molar-refractivity contribution >= 4 is 27.9 Å². The van der Waals surface area contributed by atoms with Crippen molar-refractivity contribution in [3.63, 3.8) is 0 Å². The first-order valence-electron chi connectivity index (χ1n) is 9.48. The summed E-state index contributed by atoms with van der Waals surface area (Å²) < 4.78 is 16.7. The van der Waals surface area contributed by atoms with E-state index in [-0.39, 0.29) is 12.5 Å². The van der Waals surface area contributed by atoms with E-state index in [4.69, 9.17) is 14.2 Å². The lowest BCUT2D eigenvalue weighted by Gasteiger charge is -2.22. The van der Waals surface area contributed by atoms with Crippen LogP contribution < -0.4 is 19.5 Å². The van der Waals surface area contributed by atoms with Gasteiger partial charge in [0.25, 0.3) is 5.91 Å². The highest BCUT2D eigenvalue weighted by atomic mass is 79.9. The molecule has 0 spiro atoms. The number of nitrogens with one attached hydrogen (secondary N) is 1. The quantitative estimate of drug-likeness (QED) is 0.584. The molecule has 2 aromatic carbocycles. The Morgan fingerprint density at radius 3 is 2.27 bits per heavy atom. The second-order valence-electron chi connectivity index (χ2n) is 7.30. The summed E-state index contributed by atoms with van der Waals surface area (Å²) in [5.74, 6) is 1.68. The Kier molecular flexibility index (Phi) is 6.55. The molecule has 2 aromatic rings. The van der Waals surface area contributed by atoms with E-state index in [1.807, 2.05) is 24.3 Å². The highest BCUT2D eigenvalue weighted by molar-refractivity contribution is 9.10. The standard InChI is InChI=1S/C22H25BrN2O5/c1-22(10-9-14-5-7-16(28-2)8-6-14)20(26)25(21(27)24-22)13-15-11-19(30-4)17(23)12-18(15)29-3/h5-8,11-12H,9-10,13H2,1-4H3,(H,24,27)/t22-/m0/s1. The van der Waals surface area contributed by atoms with E-state index in [0.717, 1.165) is 15.8 Å². The second-order valence-corrected chi connectivity index (χ2v) is 8.15. The van der Waals surface area contributed by atoms with Gasteiger partial charge in [-0.1, -0.05) is 12.1 Å². The average Bonchev–Trinajstić information content (AvgIpc) is 2.96. The van der Waals surface area contributed by atoms with Crippen LogP contribution in [0.1, 0.15) is 24.5 Å². The number of rotatable bonds is 8. The normalized spacial score (nSPS) is 18.4. The number of urea groups is 1. The predicted octanol–water partition coefficient (Wildman–Crippen LogP) is 3.92. The maximum atomic E-state index is 13.1. The molecule has 3 amide bonds. The summed E-state index contributed by atoms with van der Waals surface area (Å²) >= 11 is 3.42. The summed E-state index contributed by atoms with van der Waals surface area (Å²) in [6.07, 6.45) is 1.14. The molecule has 8 heteroatoms. The van der Waals surface area contributed by atoms with Crippen molar-refractivity contribution in [1.29, 1.82) is 0 Å². The van der Waals surface area contributed by atoms with E-state index < -0.39 is 11.6 Å². The molecule has 1 saturated heterocycles. The molecular formula is C22H25BrN2O5. The molecule has 1 atom stereocenters. The maximum absolute atomic E-state index is 13.1. The van der Waals surface area contributed by atoms with E-state index in [1.54, 1.807) is 40.4 Å². The molecule has 1 aliphatic heterocycles. The third kappa shape index (κ3) is 4.38. The highest BCUT2D eigenvalue weighted by Crippen LogP contribution is 2.34. The second kappa shape index (κ2) is 8.95. The van der Waals surface area contributed by atoms with Gasteiger partial charge in [-0.25, -0.2) is 4.79 Å². The molecule has 0 bridgehead atoms. The number of halogens is 1. The summed E-state index contributed by atoms with van der Waals surface area (Å²) in [7, 11) is 4.72. The van der Waals surface area contributed by atoms with Crippen LogP contribution in [0.4, 0.5) is 4.79 Å². The number of hydrogen-bond donors (Lipinski definition) is 1. The summed E-state index contributed by atoms with van der Waals surface area (Å²) in [5, 5.41) is 2.85. The summed E-state index contributed by atoms with van der Waals surface area (Å²) in [4.78, 5) is 27.0. The van der Waals surface area contributed by atoms with Gasteiger partial charge in [0.1, 0.15) is 22.8 Å². The zero-order chi connectivity index (χ0) is 21.9. The molecule has 1 N–H and O–H groups in total. The number of hydrogen-bond acceptors (Lipinski definition) is 5. The van der Waals surface area contributed by atoms with Crippen molar-refractivity contribution < 1.29 is 23.8 Å². The summed E-state index contributed by atoms with van der Waals surface area (Å²) in [6.45, 7) is 1.85. The number of carbonyl (C=O) groups is 2. The van der Waals surface area contributed by atoms with Crippen molar-refractivity contribution in [3.8, 4) is 17.2 Å². The van der Waals surface area contributed by atoms with Crippen molar-refractivity contribution in [2.75, 3.05) is 21.3 Å². The van der Waals surface area contributed by atoms with Crippen LogP contribution in [-0.4, -0.2) is 43.7 Å². The molecule has 1 fully saturated rings. The average molecular weight is 477 g/mol. The van der Waals surface area contributed by atoms with Crippen LogP contribution in [0.25, 0.3) is 0 Å². The van der Waals surface area contributed by atoms with Crippen LogP contribution in [0.15, 0.2) is 40.9 Å². The third-order valence-electron chi connectivity index (χ3n) is 5.30. The van der Waals surface area contributed by atoms with Crippen LogP contribution in [-0.2, 0) is 17.8 Å². The van der Waals surface area contributed by atoms with Gasteiger partial charge >= 0.3 is 6.03 Å². The Hall–Kier alpha value is -2.74. The van der Waals surface area contributed by atoms with Crippen LogP contribution in [0.2, 0.25) is 0 Å². The fourth-order valence-corrected chi connectivity index (χ4v) is 3.95. The van der Waals surface area contributed by atoms with Crippen LogP contribution in [0, 0.1) is 0 Å². The smallest absolute Gasteiger partial charge is 0.325 e. The highest BCUT2D eigenvalue weighted by Gasteiger charge is 2.47. The molecular weight excluding hydrogens is 452 g/mol. The summed E-state index contributed by atoms with van der Waals surface area (Å²) in [5.41, 5.74) is 0.779. The molecule has 30 heavy (non-hydrogen) atoms. The third-order valence-corrected chi connectivity index (χ3v) is 5.92.